The molecule has 0 bridgehead atoms. The molecule has 0 unspecified atom stereocenters. The average Bonchev–Trinajstić information content (AvgIpc) is 2.73. The molecule has 0 aliphatic heterocycles. The van der Waals surface area contributed by atoms with Crippen molar-refractivity contribution < 1.29 is 9.15 Å². The fourth-order valence-electron chi connectivity index (χ4n) is 1.63. The van der Waals surface area contributed by atoms with Crippen LogP contribution in [0, 0.1) is 0 Å². The van der Waals surface area contributed by atoms with Gasteiger partial charge < -0.3 is 14.5 Å². The molecule has 0 saturated heterocycles. The largest absolute Gasteiger partial charge is 0.468 e. The molecule has 0 aliphatic rings. The minimum absolute atomic E-state index is 0.103. The van der Waals surface area contributed by atoms with Gasteiger partial charge in [0, 0.05) is 17.7 Å². The van der Waals surface area contributed by atoms with Crippen molar-refractivity contribution in [1.82, 2.24) is 5.32 Å². The van der Waals surface area contributed by atoms with Crippen LogP contribution in [-0.4, -0.2) is 12.1 Å². The Morgan fingerprint density at radius 2 is 2.06 bits per heavy atom. The molecule has 0 fully saturated rings. The molecule has 1 heterocycles. The SMILES string of the molecule is CCCCCOCc1ccoc1CNC(C)(C)C. The molecule has 1 aromatic heterocycles. The summed E-state index contributed by atoms with van der Waals surface area (Å²) in [5.41, 5.74) is 1.26. The highest BCUT2D eigenvalue weighted by molar-refractivity contribution is 5.16. The molecular formula is C15H27NO2. The van der Waals surface area contributed by atoms with Crippen molar-refractivity contribution in [2.75, 3.05) is 6.61 Å². The van der Waals surface area contributed by atoms with Gasteiger partial charge in [0.15, 0.2) is 0 Å². The Morgan fingerprint density at radius 1 is 1.28 bits per heavy atom. The normalized spacial score (nSPS) is 12.0. The lowest BCUT2D eigenvalue weighted by atomic mass is 10.1. The Morgan fingerprint density at radius 3 is 2.72 bits per heavy atom. The fraction of sp³-hybridized carbons (Fsp3) is 0.733. The minimum Gasteiger partial charge on any atom is -0.468 e. The van der Waals surface area contributed by atoms with Crippen molar-refractivity contribution in [2.45, 2.75) is 65.6 Å². The molecule has 0 aliphatic carbocycles. The van der Waals surface area contributed by atoms with Crippen molar-refractivity contribution >= 4 is 0 Å². The topological polar surface area (TPSA) is 34.4 Å². The van der Waals surface area contributed by atoms with E-state index in [1.165, 1.54) is 12.8 Å². The monoisotopic (exact) mass is 253 g/mol. The maximum atomic E-state index is 5.66. The Labute approximate surface area is 111 Å². The van der Waals surface area contributed by atoms with Crippen LogP contribution in [0.15, 0.2) is 16.7 Å². The summed E-state index contributed by atoms with van der Waals surface area (Å²) in [5.74, 6) is 0.986. The van der Waals surface area contributed by atoms with Crippen LogP contribution >= 0.6 is 0 Å². The summed E-state index contributed by atoms with van der Waals surface area (Å²) in [6, 6.07) is 2.00. The van der Waals surface area contributed by atoms with Crippen LogP contribution in [0.1, 0.15) is 58.3 Å². The van der Waals surface area contributed by atoms with Gasteiger partial charge >= 0.3 is 0 Å². The summed E-state index contributed by atoms with van der Waals surface area (Å²) in [6.45, 7) is 10.9. The zero-order valence-corrected chi connectivity index (χ0v) is 12.2. The second-order valence-corrected chi connectivity index (χ2v) is 5.73. The first-order valence-electron chi connectivity index (χ1n) is 6.91. The van der Waals surface area contributed by atoms with Crippen molar-refractivity contribution in [2.24, 2.45) is 0 Å². The maximum Gasteiger partial charge on any atom is 0.123 e. The van der Waals surface area contributed by atoms with Gasteiger partial charge in [-0.15, -0.1) is 0 Å². The molecule has 1 rings (SSSR count). The number of unbranched alkanes of at least 4 members (excludes halogenated alkanes) is 2. The van der Waals surface area contributed by atoms with E-state index in [1.807, 2.05) is 6.07 Å². The number of nitrogens with one attached hydrogen (secondary N) is 1. The van der Waals surface area contributed by atoms with Gasteiger partial charge in [-0.3, -0.25) is 0 Å². The zero-order chi connectivity index (χ0) is 13.4. The van der Waals surface area contributed by atoms with Gasteiger partial charge in [0.2, 0.25) is 0 Å². The Hall–Kier alpha value is -0.800. The van der Waals surface area contributed by atoms with E-state index in [0.717, 1.165) is 30.9 Å². The maximum absolute atomic E-state index is 5.66. The highest BCUT2D eigenvalue weighted by Crippen LogP contribution is 2.13. The molecule has 0 radical (unpaired) electrons. The summed E-state index contributed by atoms with van der Waals surface area (Å²) in [4.78, 5) is 0. The smallest absolute Gasteiger partial charge is 0.123 e. The van der Waals surface area contributed by atoms with Gasteiger partial charge in [0.25, 0.3) is 0 Å². The van der Waals surface area contributed by atoms with E-state index >= 15 is 0 Å². The van der Waals surface area contributed by atoms with Crippen molar-refractivity contribution in [3.63, 3.8) is 0 Å². The predicted molar refractivity (Wildman–Crippen MR) is 74.5 cm³/mol. The fourth-order valence-corrected chi connectivity index (χ4v) is 1.63. The standard InChI is InChI=1S/C15H27NO2/c1-5-6-7-9-17-12-13-8-10-18-14(13)11-16-15(2,3)4/h8,10,16H,5-7,9,11-12H2,1-4H3. The van der Waals surface area contributed by atoms with E-state index in [1.54, 1.807) is 6.26 Å². The van der Waals surface area contributed by atoms with Crippen LogP contribution in [0.2, 0.25) is 0 Å². The van der Waals surface area contributed by atoms with Gasteiger partial charge in [-0.25, -0.2) is 0 Å². The van der Waals surface area contributed by atoms with Crippen LogP contribution in [0.25, 0.3) is 0 Å². The lowest BCUT2D eigenvalue weighted by Gasteiger charge is -2.20. The van der Waals surface area contributed by atoms with Crippen LogP contribution in [0.3, 0.4) is 0 Å². The lowest BCUT2D eigenvalue weighted by molar-refractivity contribution is 0.115. The zero-order valence-electron chi connectivity index (χ0n) is 12.2. The van der Waals surface area contributed by atoms with Crippen LogP contribution in [0.4, 0.5) is 0 Å². The second-order valence-electron chi connectivity index (χ2n) is 5.73. The first kappa shape index (κ1) is 15.3. The van der Waals surface area contributed by atoms with E-state index in [2.05, 4.69) is 33.0 Å². The van der Waals surface area contributed by atoms with E-state index in [0.29, 0.717) is 6.61 Å². The van der Waals surface area contributed by atoms with Crippen molar-refractivity contribution in [3.8, 4) is 0 Å². The minimum atomic E-state index is 0.103. The summed E-state index contributed by atoms with van der Waals surface area (Å²) < 4.78 is 11.2. The predicted octanol–water partition coefficient (Wildman–Crippen LogP) is 3.87. The quantitative estimate of drug-likeness (QED) is 0.714. The highest BCUT2D eigenvalue weighted by Gasteiger charge is 2.12. The number of rotatable bonds is 8. The molecular weight excluding hydrogens is 226 g/mol. The molecule has 0 saturated carbocycles. The molecule has 0 aromatic carbocycles. The molecule has 3 heteroatoms. The van der Waals surface area contributed by atoms with E-state index in [4.69, 9.17) is 9.15 Å². The lowest BCUT2D eigenvalue weighted by Crippen LogP contribution is -2.35. The number of ether oxygens (including phenoxy) is 1. The van der Waals surface area contributed by atoms with Crippen LogP contribution in [0.5, 0.6) is 0 Å². The van der Waals surface area contributed by atoms with Gasteiger partial charge in [-0.1, -0.05) is 19.8 Å². The van der Waals surface area contributed by atoms with Crippen molar-refractivity contribution in [3.05, 3.63) is 23.7 Å². The molecule has 0 amide bonds. The third kappa shape index (κ3) is 6.22. The third-order valence-electron chi connectivity index (χ3n) is 2.77. The van der Waals surface area contributed by atoms with E-state index in [-0.39, 0.29) is 5.54 Å². The van der Waals surface area contributed by atoms with Gasteiger partial charge in [-0.2, -0.15) is 0 Å². The van der Waals surface area contributed by atoms with Gasteiger partial charge in [0.1, 0.15) is 5.76 Å². The number of hydrogen-bond acceptors (Lipinski definition) is 3. The highest BCUT2D eigenvalue weighted by atomic mass is 16.5. The summed E-state index contributed by atoms with van der Waals surface area (Å²) in [6.07, 6.45) is 5.36. The molecule has 18 heavy (non-hydrogen) atoms. The van der Waals surface area contributed by atoms with E-state index in [9.17, 15) is 0 Å². The van der Waals surface area contributed by atoms with Crippen molar-refractivity contribution in [1.29, 1.82) is 0 Å². The van der Waals surface area contributed by atoms with Crippen LogP contribution in [-0.2, 0) is 17.9 Å². The number of hydrogen-bond donors (Lipinski definition) is 1. The summed E-state index contributed by atoms with van der Waals surface area (Å²) >= 11 is 0. The molecule has 0 atom stereocenters. The first-order valence-corrected chi connectivity index (χ1v) is 6.91. The Bertz CT molecular complexity index is 325. The van der Waals surface area contributed by atoms with Gasteiger partial charge in [-0.05, 0) is 33.3 Å². The number of furan rings is 1. The molecule has 1 N–H and O–H groups in total. The molecule has 104 valence electrons. The molecule has 1 aromatic rings. The average molecular weight is 253 g/mol. The summed E-state index contributed by atoms with van der Waals surface area (Å²) in [5, 5.41) is 3.43. The Kier molecular flexibility index (Phi) is 6.44. The third-order valence-corrected chi connectivity index (χ3v) is 2.77. The molecule has 0 spiro atoms. The summed E-state index contributed by atoms with van der Waals surface area (Å²) in [7, 11) is 0. The van der Waals surface area contributed by atoms with Gasteiger partial charge in [0.05, 0.1) is 19.4 Å². The molecule has 3 nitrogen and oxygen atoms in total. The Balaban J connectivity index is 2.31. The second kappa shape index (κ2) is 7.59. The first-order chi connectivity index (χ1) is 8.53. The van der Waals surface area contributed by atoms with Crippen LogP contribution < -0.4 is 5.32 Å². The van der Waals surface area contributed by atoms with E-state index < -0.39 is 0 Å².